The number of alkyl halides is 3. The van der Waals surface area contributed by atoms with E-state index in [1.807, 2.05) is 0 Å². The van der Waals surface area contributed by atoms with Gasteiger partial charge in [0.2, 0.25) is 0 Å². The number of amides is 1. The van der Waals surface area contributed by atoms with Crippen LogP contribution in [0.1, 0.15) is 33.5 Å². The predicted octanol–water partition coefficient (Wildman–Crippen LogP) is 5.04. The average molecular weight is 520 g/mol. The lowest BCUT2D eigenvalue weighted by molar-refractivity contribution is -0.275. The lowest BCUT2D eigenvalue weighted by atomic mass is 9.86. The smallest absolute Gasteiger partial charge is 0.374 e. The molecule has 1 saturated heterocycles. The minimum atomic E-state index is -4.81. The molecule has 2 aliphatic heterocycles. The fraction of sp³-hybridized carbons (Fsp3) is 0.333. The van der Waals surface area contributed by atoms with E-state index in [9.17, 15) is 22.2 Å². The number of benzene rings is 2. The first-order chi connectivity index (χ1) is 15.3. The zero-order valence-corrected chi connectivity index (χ0v) is 19.5. The van der Waals surface area contributed by atoms with E-state index in [1.54, 1.807) is 13.0 Å². The maximum absolute atomic E-state index is 14.1. The SMILES string of the molecule is Cc1cc(C2=NOC(c3cc(Cl)cc(Cl)c3)(C(F)(F)F)C2)ccc1C(=O)NC1CS(=N)(=O)C1. The number of nitrogens with zero attached hydrogens (tertiary/aromatic N) is 1. The lowest BCUT2D eigenvalue weighted by Crippen LogP contribution is -2.52. The van der Waals surface area contributed by atoms with Gasteiger partial charge >= 0.3 is 6.18 Å². The Morgan fingerprint density at radius 1 is 1.21 bits per heavy atom. The van der Waals surface area contributed by atoms with E-state index >= 15 is 0 Å². The maximum Gasteiger partial charge on any atom is 0.435 e. The van der Waals surface area contributed by atoms with Crippen LogP contribution in [0.3, 0.4) is 0 Å². The van der Waals surface area contributed by atoms with E-state index in [4.69, 9.17) is 32.8 Å². The van der Waals surface area contributed by atoms with Gasteiger partial charge in [0.05, 0.1) is 23.3 Å². The second kappa shape index (κ2) is 8.18. The van der Waals surface area contributed by atoms with Gasteiger partial charge in [0.1, 0.15) is 0 Å². The van der Waals surface area contributed by atoms with Crippen LogP contribution in [0, 0.1) is 11.7 Å². The Labute approximate surface area is 198 Å². The fourth-order valence-electron chi connectivity index (χ4n) is 3.89. The molecule has 1 amide bonds. The summed E-state index contributed by atoms with van der Waals surface area (Å²) in [6, 6.07) is 7.83. The number of carbonyl (C=O) groups is 1. The Balaban J connectivity index is 1.57. The molecule has 0 radical (unpaired) electrons. The first kappa shape index (κ1) is 23.8. The number of hydrogen-bond acceptors (Lipinski definition) is 5. The van der Waals surface area contributed by atoms with Crippen molar-refractivity contribution in [3.63, 3.8) is 0 Å². The Morgan fingerprint density at radius 2 is 1.85 bits per heavy atom. The van der Waals surface area contributed by atoms with Crippen molar-refractivity contribution in [2.75, 3.05) is 11.5 Å². The highest BCUT2D eigenvalue weighted by atomic mass is 35.5. The topological polar surface area (TPSA) is 91.6 Å². The molecule has 1 unspecified atom stereocenters. The van der Waals surface area contributed by atoms with E-state index in [2.05, 4.69) is 10.5 Å². The van der Waals surface area contributed by atoms with E-state index in [0.717, 1.165) is 12.1 Å². The third-order valence-corrected chi connectivity index (χ3v) is 7.91. The second-order valence-corrected chi connectivity index (χ2v) is 11.3. The van der Waals surface area contributed by atoms with Gasteiger partial charge in [-0.3, -0.25) is 9.57 Å². The van der Waals surface area contributed by atoms with Crippen molar-refractivity contribution in [1.29, 1.82) is 4.78 Å². The first-order valence-electron chi connectivity index (χ1n) is 9.74. The molecule has 0 aliphatic carbocycles. The first-order valence-corrected chi connectivity index (χ1v) is 12.4. The molecule has 2 aromatic carbocycles. The molecule has 12 heteroatoms. The van der Waals surface area contributed by atoms with Gasteiger partial charge in [-0.2, -0.15) is 13.2 Å². The van der Waals surface area contributed by atoms with Gasteiger partial charge in [0.15, 0.2) is 0 Å². The Hall–Kier alpha value is -2.30. The summed E-state index contributed by atoms with van der Waals surface area (Å²) in [5, 5.41) is 6.52. The Bertz CT molecular complexity index is 1250. The van der Waals surface area contributed by atoms with Crippen LogP contribution < -0.4 is 5.32 Å². The van der Waals surface area contributed by atoms with Gasteiger partial charge in [-0.15, -0.1) is 0 Å². The summed E-state index contributed by atoms with van der Waals surface area (Å²) >= 11 is 11.8. The number of rotatable bonds is 4. The molecular formula is C21H18Cl2F3N3O3S. The van der Waals surface area contributed by atoms with Crippen LogP contribution in [0.2, 0.25) is 10.0 Å². The number of carbonyl (C=O) groups excluding carboxylic acids is 1. The number of nitrogens with one attached hydrogen (secondary N) is 2. The molecule has 0 aromatic heterocycles. The van der Waals surface area contributed by atoms with Crippen LogP contribution in [-0.4, -0.2) is 39.6 Å². The summed E-state index contributed by atoms with van der Waals surface area (Å²) in [5.74, 6) is -0.185. The average Bonchev–Trinajstić information content (AvgIpc) is 3.12. The predicted molar refractivity (Wildman–Crippen MR) is 119 cm³/mol. The van der Waals surface area contributed by atoms with Gasteiger partial charge < -0.3 is 10.2 Å². The number of aryl methyl sites for hydroxylation is 1. The van der Waals surface area contributed by atoms with Gasteiger partial charge in [0.25, 0.3) is 11.5 Å². The Morgan fingerprint density at radius 3 is 2.39 bits per heavy atom. The number of halogens is 5. The van der Waals surface area contributed by atoms with Crippen LogP contribution in [0.25, 0.3) is 0 Å². The van der Waals surface area contributed by atoms with Crippen LogP contribution in [0.4, 0.5) is 13.2 Å². The zero-order valence-electron chi connectivity index (χ0n) is 17.1. The van der Waals surface area contributed by atoms with Crippen LogP contribution in [-0.2, 0) is 20.2 Å². The Kier molecular flexibility index (Phi) is 5.91. The van der Waals surface area contributed by atoms with E-state index in [0.29, 0.717) is 16.7 Å². The largest absolute Gasteiger partial charge is 0.435 e. The molecule has 2 heterocycles. The molecule has 4 rings (SSSR count). The highest BCUT2D eigenvalue weighted by molar-refractivity contribution is 7.93. The molecular weight excluding hydrogens is 502 g/mol. The van der Waals surface area contributed by atoms with Crippen LogP contribution in [0.15, 0.2) is 41.6 Å². The summed E-state index contributed by atoms with van der Waals surface area (Å²) in [6.07, 6.45) is -5.40. The molecule has 0 saturated carbocycles. The highest BCUT2D eigenvalue weighted by Crippen LogP contribution is 2.49. The fourth-order valence-corrected chi connectivity index (χ4v) is 5.79. The number of hydrogen-bond donors (Lipinski definition) is 2. The summed E-state index contributed by atoms with van der Waals surface area (Å²) < 4.78 is 61.4. The van der Waals surface area contributed by atoms with Crippen molar-refractivity contribution in [3.8, 4) is 0 Å². The van der Waals surface area contributed by atoms with E-state index < -0.39 is 33.8 Å². The van der Waals surface area contributed by atoms with Crippen molar-refractivity contribution in [1.82, 2.24) is 5.32 Å². The van der Waals surface area contributed by atoms with E-state index in [1.165, 1.54) is 18.2 Å². The molecule has 2 aromatic rings. The number of oxime groups is 1. The minimum Gasteiger partial charge on any atom is -0.374 e. The van der Waals surface area contributed by atoms with Crippen molar-refractivity contribution in [2.45, 2.75) is 31.2 Å². The standard InChI is InChI=1S/C21H18Cl2F3N3O3S/c1-11-4-12(2-3-17(11)19(30)28-16-9-33(27,31)10-16)18-8-20(32-29-18,21(24,25)26)13-5-14(22)7-15(23)6-13/h2-7,16,27H,8-10H2,1H3,(H,28,30). The van der Waals surface area contributed by atoms with Crippen LogP contribution >= 0.6 is 23.2 Å². The summed E-state index contributed by atoms with van der Waals surface area (Å²) in [4.78, 5) is 17.5. The highest BCUT2D eigenvalue weighted by Gasteiger charge is 2.62. The summed E-state index contributed by atoms with van der Waals surface area (Å²) in [7, 11) is -2.59. The molecule has 1 fully saturated rings. The maximum atomic E-state index is 14.1. The quantitative estimate of drug-likeness (QED) is 0.592. The van der Waals surface area contributed by atoms with Gasteiger partial charge in [-0.25, -0.2) is 4.21 Å². The molecule has 33 heavy (non-hydrogen) atoms. The second-order valence-electron chi connectivity index (χ2n) is 8.13. The normalized spacial score (nSPS) is 26.8. The van der Waals surface area contributed by atoms with Crippen LogP contribution in [0.5, 0.6) is 0 Å². The minimum absolute atomic E-state index is 0.0390. The van der Waals surface area contributed by atoms with E-state index in [-0.39, 0.29) is 38.9 Å². The zero-order chi connectivity index (χ0) is 24.2. The molecule has 0 spiro atoms. The molecule has 2 N–H and O–H groups in total. The third kappa shape index (κ3) is 4.56. The van der Waals surface area contributed by atoms with Crippen molar-refractivity contribution in [3.05, 3.63) is 68.7 Å². The van der Waals surface area contributed by atoms with Gasteiger partial charge in [-0.05, 0) is 48.4 Å². The summed E-state index contributed by atoms with van der Waals surface area (Å²) in [5.41, 5.74) is -1.72. The molecule has 6 nitrogen and oxygen atoms in total. The lowest BCUT2D eigenvalue weighted by Gasteiger charge is -2.29. The molecule has 1 atom stereocenters. The molecule has 0 bridgehead atoms. The summed E-state index contributed by atoms with van der Waals surface area (Å²) in [6.45, 7) is 1.65. The van der Waals surface area contributed by atoms with Crippen molar-refractivity contribution < 1.29 is 27.0 Å². The van der Waals surface area contributed by atoms with Crippen molar-refractivity contribution >= 4 is 44.5 Å². The van der Waals surface area contributed by atoms with Crippen molar-refractivity contribution in [2.24, 2.45) is 5.16 Å². The molecule has 2 aliphatic rings. The monoisotopic (exact) mass is 519 g/mol. The third-order valence-electron chi connectivity index (χ3n) is 5.60. The van der Waals surface area contributed by atoms with Gasteiger partial charge in [-0.1, -0.05) is 34.4 Å². The van der Waals surface area contributed by atoms with Gasteiger partial charge in [0, 0.05) is 37.3 Å². The molecule has 176 valence electrons.